The van der Waals surface area contributed by atoms with Crippen LogP contribution in [0.4, 0.5) is 5.69 Å². The predicted octanol–water partition coefficient (Wildman–Crippen LogP) is 4.44. The monoisotopic (exact) mass is 620 g/mol. The van der Waals surface area contributed by atoms with Crippen molar-refractivity contribution in [1.29, 1.82) is 0 Å². The van der Waals surface area contributed by atoms with Gasteiger partial charge in [0, 0.05) is 38.0 Å². The third-order valence-corrected chi connectivity index (χ3v) is 9.60. The molecule has 0 saturated carbocycles. The summed E-state index contributed by atoms with van der Waals surface area (Å²) in [7, 11) is 4.73. The summed E-state index contributed by atoms with van der Waals surface area (Å²) in [6, 6.07) is 7.46. The first-order valence-corrected chi connectivity index (χ1v) is 16.4. The number of rotatable bonds is 11. The number of carbonyl (C=O) groups is 2. The van der Waals surface area contributed by atoms with Gasteiger partial charge >= 0.3 is 0 Å². The van der Waals surface area contributed by atoms with Crippen molar-refractivity contribution in [3.8, 4) is 28.4 Å². The molecule has 0 bridgehead atoms. The molecule has 10 heteroatoms. The van der Waals surface area contributed by atoms with Gasteiger partial charge in [-0.25, -0.2) is 0 Å². The van der Waals surface area contributed by atoms with Crippen LogP contribution in [0.5, 0.6) is 17.2 Å². The summed E-state index contributed by atoms with van der Waals surface area (Å²) in [5, 5.41) is 9.47. The molecule has 2 aromatic rings. The van der Waals surface area contributed by atoms with Crippen LogP contribution in [-0.4, -0.2) is 70.3 Å². The zero-order chi connectivity index (χ0) is 31.9. The Hall–Kier alpha value is -3.79. The number of nitrogens with zero attached hydrogens (tertiary/aromatic N) is 1. The molecular formula is C35H48N4O6. The summed E-state index contributed by atoms with van der Waals surface area (Å²) < 4.78 is 17.1. The van der Waals surface area contributed by atoms with Gasteiger partial charge in [-0.05, 0) is 98.8 Å². The van der Waals surface area contributed by atoms with E-state index in [0.717, 1.165) is 23.2 Å². The van der Waals surface area contributed by atoms with Gasteiger partial charge in [0.1, 0.15) is 0 Å². The fourth-order valence-electron chi connectivity index (χ4n) is 7.47. The van der Waals surface area contributed by atoms with Gasteiger partial charge in [-0.1, -0.05) is 12.5 Å². The van der Waals surface area contributed by atoms with Crippen LogP contribution in [0.1, 0.15) is 75.5 Å². The van der Waals surface area contributed by atoms with E-state index in [1.54, 1.807) is 33.5 Å². The molecule has 3 atom stereocenters. The molecule has 0 radical (unpaired) electrons. The highest BCUT2D eigenvalue weighted by molar-refractivity contribution is 5.83. The highest BCUT2D eigenvalue weighted by Gasteiger charge is 2.33. The average Bonchev–Trinajstić information content (AvgIpc) is 3.29. The van der Waals surface area contributed by atoms with E-state index in [-0.39, 0.29) is 23.3 Å². The van der Waals surface area contributed by atoms with Crippen LogP contribution in [0.2, 0.25) is 0 Å². The van der Waals surface area contributed by atoms with Crippen molar-refractivity contribution in [2.45, 2.75) is 76.8 Å². The standard InChI is InChI=1S/C35H48N4O6/c1-22(40)38-27-14-12-23-19-31(43-2)34(44-3)35(45-4)33(23)25-13-15-28(30(41)20-26(25)27)36-16-7-11-32(42)37-21-24-9-8-18-39-17-6-5-10-29(24)39/h13,15,19-20,24,27,29H,5-12,14,16-18,21H2,1-4H3,(H,36,41)(H,37,42)(H,38,40)/t24-,27-,29+/m0/s1. The second-order valence-corrected chi connectivity index (χ2v) is 12.4. The molecule has 45 heavy (non-hydrogen) atoms. The number of fused-ring (bicyclic) bond motifs is 4. The molecule has 2 amide bonds. The molecule has 2 aliphatic heterocycles. The van der Waals surface area contributed by atoms with Crippen molar-refractivity contribution in [3.05, 3.63) is 45.6 Å². The number of carbonyl (C=O) groups excluding carboxylic acids is 2. The zero-order valence-corrected chi connectivity index (χ0v) is 27.1. The molecule has 0 unspecified atom stereocenters. The smallest absolute Gasteiger partial charge is 0.220 e. The van der Waals surface area contributed by atoms with Crippen molar-refractivity contribution < 1.29 is 23.8 Å². The van der Waals surface area contributed by atoms with Crippen molar-refractivity contribution in [1.82, 2.24) is 15.5 Å². The second kappa shape index (κ2) is 15.0. The van der Waals surface area contributed by atoms with Crippen molar-refractivity contribution in [3.63, 3.8) is 0 Å². The van der Waals surface area contributed by atoms with Gasteiger partial charge in [0.25, 0.3) is 0 Å². The Kier molecular flexibility index (Phi) is 10.9. The number of methoxy groups -OCH3 is 3. The van der Waals surface area contributed by atoms with E-state index < -0.39 is 0 Å². The largest absolute Gasteiger partial charge is 0.493 e. The minimum atomic E-state index is -0.368. The van der Waals surface area contributed by atoms with E-state index in [1.807, 2.05) is 12.1 Å². The fraction of sp³-hybridized carbons (Fsp3) is 0.571. The Morgan fingerprint density at radius 2 is 1.76 bits per heavy atom. The molecule has 10 nitrogen and oxygen atoms in total. The third kappa shape index (κ3) is 7.38. The lowest BCUT2D eigenvalue weighted by Gasteiger charge is -2.44. The lowest BCUT2D eigenvalue weighted by Crippen LogP contribution is -2.51. The normalized spacial score (nSPS) is 20.8. The van der Waals surface area contributed by atoms with E-state index in [4.69, 9.17) is 14.2 Å². The quantitative estimate of drug-likeness (QED) is 0.316. The maximum atomic E-state index is 13.5. The number of amides is 2. The van der Waals surface area contributed by atoms with Crippen molar-refractivity contribution in [2.24, 2.45) is 5.92 Å². The van der Waals surface area contributed by atoms with Crippen molar-refractivity contribution >= 4 is 17.5 Å². The molecule has 2 saturated heterocycles. The van der Waals surface area contributed by atoms with Gasteiger partial charge in [0.05, 0.1) is 33.1 Å². The molecule has 2 aromatic carbocycles. The number of benzene rings is 1. The van der Waals surface area contributed by atoms with Crippen LogP contribution in [0.25, 0.3) is 11.1 Å². The summed E-state index contributed by atoms with van der Waals surface area (Å²) in [6.45, 7) is 5.10. The number of piperidine rings is 2. The van der Waals surface area contributed by atoms with Crippen molar-refractivity contribution in [2.75, 3.05) is 52.8 Å². The Bertz CT molecular complexity index is 1440. The number of hydrogen-bond acceptors (Lipinski definition) is 8. The molecule has 5 rings (SSSR count). The van der Waals surface area contributed by atoms with Gasteiger partial charge < -0.3 is 35.1 Å². The van der Waals surface area contributed by atoms with E-state index >= 15 is 0 Å². The molecule has 0 spiro atoms. The SMILES string of the molecule is COc1cc2c(c(OC)c1OC)-c1ccc(NCCCC(=O)NC[C@@H]3CCCN4CCCC[C@H]34)c(=O)cc1[C@@H](NC(C)=O)CC2. The summed E-state index contributed by atoms with van der Waals surface area (Å²) in [4.78, 5) is 41.0. The van der Waals surface area contributed by atoms with E-state index in [9.17, 15) is 14.4 Å². The third-order valence-electron chi connectivity index (χ3n) is 9.60. The first kappa shape index (κ1) is 32.6. The lowest BCUT2D eigenvalue weighted by molar-refractivity contribution is -0.121. The average molecular weight is 621 g/mol. The predicted molar refractivity (Wildman–Crippen MR) is 175 cm³/mol. The zero-order valence-electron chi connectivity index (χ0n) is 27.1. The van der Waals surface area contributed by atoms with Gasteiger partial charge in [-0.3, -0.25) is 14.4 Å². The van der Waals surface area contributed by atoms with Crippen LogP contribution in [-0.2, 0) is 16.0 Å². The van der Waals surface area contributed by atoms with Crippen LogP contribution in [0, 0.1) is 5.92 Å². The van der Waals surface area contributed by atoms with Crippen LogP contribution < -0.4 is 35.6 Å². The lowest BCUT2D eigenvalue weighted by atomic mass is 9.83. The highest BCUT2D eigenvalue weighted by Crippen LogP contribution is 2.50. The van der Waals surface area contributed by atoms with E-state index in [0.29, 0.717) is 72.7 Å². The number of hydrogen-bond donors (Lipinski definition) is 3. The molecule has 3 N–H and O–H groups in total. The van der Waals surface area contributed by atoms with E-state index in [1.165, 1.54) is 52.1 Å². The second-order valence-electron chi connectivity index (χ2n) is 12.4. The molecule has 1 aliphatic carbocycles. The van der Waals surface area contributed by atoms with Crippen LogP contribution in [0.15, 0.2) is 29.1 Å². The van der Waals surface area contributed by atoms with Gasteiger partial charge in [-0.15, -0.1) is 0 Å². The molecule has 2 heterocycles. The summed E-state index contributed by atoms with van der Waals surface area (Å²) in [5.74, 6) is 1.96. The Morgan fingerprint density at radius 1 is 0.956 bits per heavy atom. The minimum Gasteiger partial charge on any atom is -0.493 e. The van der Waals surface area contributed by atoms with Crippen LogP contribution in [0.3, 0.4) is 0 Å². The Balaban J connectivity index is 1.30. The highest BCUT2D eigenvalue weighted by atomic mass is 16.5. The van der Waals surface area contributed by atoms with Crippen LogP contribution >= 0.6 is 0 Å². The number of nitrogens with one attached hydrogen (secondary N) is 3. The number of anilines is 1. The van der Waals surface area contributed by atoms with Gasteiger partial charge in [-0.2, -0.15) is 0 Å². The minimum absolute atomic E-state index is 0.0589. The summed E-state index contributed by atoms with van der Waals surface area (Å²) >= 11 is 0. The maximum absolute atomic E-state index is 13.5. The molecule has 0 aromatic heterocycles. The van der Waals surface area contributed by atoms with Gasteiger partial charge in [0.2, 0.25) is 23.0 Å². The molecule has 244 valence electrons. The fourth-order valence-corrected chi connectivity index (χ4v) is 7.47. The number of aryl methyl sites for hydroxylation is 1. The molecule has 2 fully saturated rings. The number of ether oxygens (including phenoxy) is 3. The Morgan fingerprint density at radius 3 is 2.51 bits per heavy atom. The summed E-state index contributed by atoms with van der Waals surface area (Å²) in [5.41, 5.74) is 3.53. The maximum Gasteiger partial charge on any atom is 0.220 e. The molecule has 3 aliphatic rings. The topological polar surface area (TPSA) is 118 Å². The Labute approximate surface area is 266 Å². The summed E-state index contributed by atoms with van der Waals surface area (Å²) in [6.07, 6.45) is 8.45. The molecular weight excluding hydrogens is 572 g/mol. The first-order chi connectivity index (χ1) is 21.8. The van der Waals surface area contributed by atoms with Gasteiger partial charge in [0.15, 0.2) is 11.5 Å². The first-order valence-electron chi connectivity index (χ1n) is 16.4. The van der Waals surface area contributed by atoms with E-state index in [2.05, 4.69) is 20.9 Å².